The summed E-state index contributed by atoms with van der Waals surface area (Å²) in [5, 5.41) is 1.21. The summed E-state index contributed by atoms with van der Waals surface area (Å²) < 4.78 is 1.31. The molecule has 0 N–H and O–H groups in total. The van der Waals surface area contributed by atoms with Gasteiger partial charge in [0.05, 0.1) is 10.0 Å². The van der Waals surface area contributed by atoms with Crippen LogP contribution < -0.4 is 0 Å². The van der Waals surface area contributed by atoms with Crippen molar-refractivity contribution in [1.82, 2.24) is 0 Å². The predicted molar refractivity (Wildman–Crippen MR) is 95.7 cm³/mol. The molecular weight excluding hydrogens is 458 g/mol. The molecule has 0 aliphatic rings. The molecule has 0 amide bonds. The standard InChI is InChI=1S/C15H12BrCl2I/c1-9-3-2-4-11(15(9)19)12(16)7-10-5-6-13(17)14(18)8-10/h2-6,8,12H,7H2,1H3. The maximum Gasteiger partial charge on any atom is 0.0595 e. The van der Waals surface area contributed by atoms with Crippen molar-refractivity contribution in [2.45, 2.75) is 18.2 Å². The van der Waals surface area contributed by atoms with Crippen LogP contribution >= 0.6 is 61.7 Å². The van der Waals surface area contributed by atoms with Gasteiger partial charge >= 0.3 is 0 Å². The van der Waals surface area contributed by atoms with Crippen LogP contribution in [-0.4, -0.2) is 0 Å². The summed E-state index contributed by atoms with van der Waals surface area (Å²) in [5.74, 6) is 0. The van der Waals surface area contributed by atoms with Crippen LogP contribution in [0.3, 0.4) is 0 Å². The molecule has 0 aromatic heterocycles. The topological polar surface area (TPSA) is 0 Å². The summed E-state index contributed by atoms with van der Waals surface area (Å²) in [6.45, 7) is 2.13. The van der Waals surface area contributed by atoms with Gasteiger partial charge in [0.2, 0.25) is 0 Å². The quantitative estimate of drug-likeness (QED) is 0.351. The Labute approximate surface area is 145 Å². The molecule has 0 aliphatic carbocycles. The highest BCUT2D eigenvalue weighted by atomic mass is 127. The summed E-state index contributed by atoms with van der Waals surface area (Å²) in [5.41, 5.74) is 3.79. The molecule has 0 saturated heterocycles. The molecule has 4 heteroatoms. The lowest BCUT2D eigenvalue weighted by atomic mass is 10.0. The van der Waals surface area contributed by atoms with Crippen LogP contribution in [0.2, 0.25) is 10.0 Å². The molecule has 0 radical (unpaired) electrons. The van der Waals surface area contributed by atoms with Gasteiger partial charge in [-0.1, -0.05) is 63.4 Å². The highest BCUT2D eigenvalue weighted by Gasteiger charge is 2.13. The van der Waals surface area contributed by atoms with E-state index in [-0.39, 0.29) is 4.83 Å². The minimum Gasteiger partial charge on any atom is -0.0835 e. The third-order valence-corrected chi connectivity index (χ3v) is 5.99. The Kier molecular flexibility index (Phi) is 5.58. The first-order valence-electron chi connectivity index (χ1n) is 5.82. The number of hydrogen-bond acceptors (Lipinski definition) is 0. The number of halogens is 4. The number of rotatable bonds is 3. The first-order chi connectivity index (χ1) is 8.99. The zero-order valence-corrected chi connectivity index (χ0v) is 15.5. The van der Waals surface area contributed by atoms with E-state index in [1.165, 1.54) is 20.3 Å². The van der Waals surface area contributed by atoms with Gasteiger partial charge < -0.3 is 0 Å². The van der Waals surface area contributed by atoms with Crippen molar-refractivity contribution in [2.75, 3.05) is 0 Å². The fourth-order valence-corrected chi connectivity index (χ4v) is 4.14. The number of aryl methyl sites for hydroxylation is 1. The molecular formula is C15H12BrCl2I. The smallest absolute Gasteiger partial charge is 0.0595 e. The van der Waals surface area contributed by atoms with Crippen LogP contribution in [0.1, 0.15) is 21.5 Å². The fraction of sp³-hybridized carbons (Fsp3) is 0.200. The Morgan fingerprint density at radius 1 is 1.16 bits per heavy atom. The van der Waals surface area contributed by atoms with Crippen molar-refractivity contribution in [3.63, 3.8) is 0 Å². The number of alkyl halides is 1. The SMILES string of the molecule is Cc1cccc(C(Br)Cc2ccc(Cl)c(Cl)c2)c1I. The lowest BCUT2D eigenvalue weighted by molar-refractivity contribution is 0.940. The van der Waals surface area contributed by atoms with Crippen LogP contribution in [0, 0.1) is 10.5 Å². The number of hydrogen-bond donors (Lipinski definition) is 0. The molecule has 100 valence electrons. The van der Waals surface area contributed by atoms with Crippen molar-refractivity contribution in [1.29, 1.82) is 0 Å². The maximum atomic E-state index is 6.05. The van der Waals surface area contributed by atoms with Crippen molar-refractivity contribution in [2.24, 2.45) is 0 Å². The Balaban J connectivity index is 2.23. The second-order valence-corrected chi connectivity index (χ2v) is 7.40. The van der Waals surface area contributed by atoms with Gasteiger partial charge in [0.15, 0.2) is 0 Å². The van der Waals surface area contributed by atoms with Crippen LogP contribution in [0.15, 0.2) is 36.4 Å². The molecule has 2 aromatic carbocycles. The zero-order chi connectivity index (χ0) is 14.0. The molecule has 0 saturated carbocycles. The van der Waals surface area contributed by atoms with E-state index in [1.807, 2.05) is 18.2 Å². The van der Waals surface area contributed by atoms with Gasteiger partial charge in [-0.2, -0.15) is 0 Å². The van der Waals surface area contributed by atoms with Crippen LogP contribution in [-0.2, 0) is 6.42 Å². The van der Waals surface area contributed by atoms with Gasteiger partial charge in [-0.15, -0.1) is 0 Å². The van der Waals surface area contributed by atoms with E-state index in [0.29, 0.717) is 10.0 Å². The maximum absolute atomic E-state index is 6.05. The number of benzene rings is 2. The largest absolute Gasteiger partial charge is 0.0835 e. The Hall–Kier alpha value is 0.230. The fourth-order valence-electron chi connectivity index (χ4n) is 1.90. The predicted octanol–water partition coefficient (Wildman–Crippen LogP) is 6.59. The van der Waals surface area contributed by atoms with Crippen LogP contribution in [0.25, 0.3) is 0 Å². The molecule has 1 unspecified atom stereocenters. The van der Waals surface area contributed by atoms with Crippen molar-refractivity contribution in [3.8, 4) is 0 Å². The summed E-state index contributed by atoms with van der Waals surface area (Å²) in [7, 11) is 0. The third-order valence-electron chi connectivity index (χ3n) is 2.96. The Morgan fingerprint density at radius 2 is 1.89 bits per heavy atom. The molecule has 0 nitrogen and oxygen atoms in total. The molecule has 2 aromatic rings. The van der Waals surface area contributed by atoms with Gasteiger partial charge in [-0.05, 0) is 64.8 Å². The average molecular weight is 470 g/mol. The van der Waals surface area contributed by atoms with Crippen molar-refractivity contribution < 1.29 is 0 Å². The van der Waals surface area contributed by atoms with E-state index >= 15 is 0 Å². The summed E-state index contributed by atoms with van der Waals surface area (Å²) in [6, 6.07) is 12.2. The third kappa shape index (κ3) is 3.87. The molecule has 0 fully saturated rings. The first-order valence-corrected chi connectivity index (χ1v) is 8.57. The summed E-state index contributed by atoms with van der Waals surface area (Å²) in [6.07, 6.45) is 0.885. The van der Waals surface area contributed by atoms with E-state index < -0.39 is 0 Å². The van der Waals surface area contributed by atoms with E-state index in [1.54, 1.807) is 0 Å². The van der Waals surface area contributed by atoms with E-state index in [9.17, 15) is 0 Å². The molecule has 0 bridgehead atoms. The normalized spacial score (nSPS) is 12.5. The molecule has 0 aliphatic heterocycles. The van der Waals surface area contributed by atoms with E-state index in [4.69, 9.17) is 23.2 Å². The van der Waals surface area contributed by atoms with Crippen LogP contribution in [0.4, 0.5) is 0 Å². The second kappa shape index (κ2) is 6.79. The molecule has 19 heavy (non-hydrogen) atoms. The molecule has 2 rings (SSSR count). The average Bonchev–Trinajstić information content (AvgIpc) is 2.37. The lowest BCUT2D eigenvalue weighted by Gasteiger charge is -2.14. The second-order valence-electron chi connectivity index (χ2n) is 4.40. The minimum absolute atomic E-state index is 0.275. The highest BCUT2D eigenvalue weighted by Crippen LogP contribution is 2.33. The van der Waals surface area contributed by atoms with Gasteiger partial charge in [0.1, 0.15) is 0 Å². The Bertz CT molecular complexity index is 599. The van der Waals surface area contributed by atoms with Gasteiger partial charge in [0, 0.05) is 8.40 Å². The van der Waals surface area contributed by atoms with Gasteiger partial charge in [-0.3, -0.25) is 0 Å². The van der Waals surface area contributed by atoms with Crippen LogP contribution in [0.5, 0.6) is 0 Å². The molecule has 0 spiro atoms. The monoisotopic (exact) mass is 468 g/mol. The Morgan fingerprint density at radius 3 is 2.58 bits per heavy atom. The summed E-state index contributed by atoms with van der Waals surface area (Å²) >= 11 is 18.2. The van der Waals surface area contributed by atoms with Gasteiger partial charge in [-0.25, -0.2) is 0 Å². The van der Waals surface area contributed by atoms with E-state index in [2.05, 4.69) is 63.6 Å². The van der Waals surface area contributed by atoms with Crippen molar-refractivity contribution in [3.05, 3.63) is 66.7 Å². The summed E-state index contributed by atoms with van der Waals surface area (Å²) in [4.78, 5) is 0.275. The molecule has 0 heterocycles. The lowest BCUT2D eigenvalue weighted by Crippen LogP contribution is -1.99. The van der Waals surface area contributed by atoms with Crippen molar-refractivity contribution >= 4 is 61.7 Å². The van der Waals surface area contributed by atoms with Gasteiger partial charge in [0.25, 0.3) is 0 Å². The minimum atomic E-state index is 0.275. The first kappa shape index (κ1) is 15.6. The van der Waals surface area contributed by atoms with E-state index in [0.717, 1.165) is 6.42 Å². The zero-order valence-electron chi connectivity index (χ0n) is 10.3. The highest BCUT2D eigenvalue weighted by molar-refractivity contribution is 14.1. The molecule has 1 atom stereocenters.